The fourth-order valence-electron chi connectivity index (χ4n) is 2.57. The Morgan fingerprint density at radius 1 is 0.870 bits per heavy atom. The number of aliphatic hydroxyl groups excluding tert-OH is 2. The molecule has 23 heavy (non-hydrogen) atoms. The molecule has 1 aromatic heterocycles. The van der Waals surface area contributed by atoms with Crippen LogP contribution in [-0.2, 0) is 19.6 Å². The highest BCUT2D eigenvalue weighted by Crippen LogP contribution is 2.20. The van der Waals surface area contributed by atoms with Crippen LogP contribution >= 0.6 is 0 Å². The number of nitrogens with one attached hydrogen (secondary N) is 1. The minimum absolute atomic E-state index is 0.0363. The third-order valence-electron chi connectivity index (χ3n) is 3.88. The molecule has 0 spiro atoms. The van der Waals surface area contributed by atoms with Gasteiger partial charge in [0.15, 0.2) is 0 Å². The van der Waals surface area contributed by atoms with Crippen LogP contribution in [0.1, 0.15) is 16.7 Å². The number of anilines is 1. The fourth-order valence-corrected chi connectivity index (χ4v) is 2.57. The van der Waals surface area contributed by atoms with Crippen molar-refractivity contribution in [3.05, 3.63) is 71.3 Å². The van der Waals surface area contributed by atoms with Crippen LogP contribution in [0.15, 0.2) is 54.6 Å². The second kappa shape index (κ2) is 7.22. The predicted octanol–water partition coefficient (Wildman–Crippen LogP) is 2.87. The average Bonchev–Trinajstić information content (AvgIpc) is 2.61. The third-order valence-corrected chi connectivity index (χ3v) is 3.88. The minimum Gasteiger partial charge on any atom is -0.392 e. The zero-order valence-corrected chi connectivity index (χ0v) is 12.9. The van der Waals surface area contributed by atoms with Gasteiger partial charge in [-0.15, -0.1) is 0 Å². The Bertz CT molecular complexity index is 785. The van der Waals surface area contributed by atoms with E-state index in [9.17, 15) is 5.11 Å². The Balaban J connectivity index is 1.70. The number of aliphatic hydroxyl groups is 2. The molecule has 0 saturated heterocycles. The number of benzene rings is 2. The summed E-state index contributed by atoms with van der Waals surface area (Å²) in [6.45, 7) is 0.765. The largest absolute Gasteiger partial charge is 0.392 e. The highest BCUT2D eigenvalue weighted by molar-refractivity contribution is 5.81. The first-order valence-electron chi connectivity index (χ1n) is 7.72. The zero-order valence-electron chi connectivity index (χ0n) is 12.9. The predicted molar refractivity (Wildman–Crippen MR) is 92.2 cm³/mol. The van der Waals surface area contributed by atoms with Gasteiger partial charge in [-0.1, -0.05) is 42.5 Å². The second-order valence-corrected chi connectivity index (χ2v) is 5.50. The Morgan fingerprint density at radius 3 is 2.35 bits per heavy atom. The van der Waals surface area contributed by atoms with E-state index in [0.29, 0.717) is 0 Å². The van der Waals surface area contributed by atoms with Crippen molar-refractivity contribution in [3.63, 3.8) is 0 Å². The van der Waals surface area contributed by atoms with Gasteiger partial charge in [0.1, 0.15) is 5.82 Å². The molecule has 1 heterocycles. The first-order valence-corrected chi connectivity index (χ1v) is 7.72. The third kappa shape index (κ3) is 3.67. The molecular formula is C19H20N2O2. The minimum atomic E-state index is -0.0363. The summed E-state index contributed by atoms with van der Waals surface area (Å²) in [5.74, 6) is 0.734. The van der Waals surface area contributed by atoms with Crippen LogP contribution in [-0.4, -0.2) is 21.7 Å². The lowest BCUT2D eigenvalue weighted by atomic mass is 10.1. The highest BCUT2D eigenvalue weighted by Gasteiger charge is 2.05. The molecule has 0 aliphatic rings. The summed E-state index contributed by atoms with van der Waals surface area (Å²) in [7, 11) is 0. The van der Waals surface area contributed by atoms with Gasteiger partial charge in [-0.2, -0.15) is 0 Å². The molecule has 0 atom stereocenters. The van der Waals surface area contributed by atoms with E-state index in [1.807, 2.05) is 54.6 Å². The van der Waals surface area contributed by atoms with Crippen molar-refractivity contribution in [3.8, 4) is 0 Å². The molecular weight excluding hydrogens is 288 g/mol. The first-order chi connectivity index (χ1) is 11.3. The van der Waals surface area contributed by atoms with E-state index in [1.54, 1.807) is 0 Å². The van der Waals surface area contributed by atoms with Gasteiger partial charge < -0.3 is 15.5 Å². The summed E-state index contributed by atoms with van der Waals surface area (Å²) in [5, 5.41) is 22.9. The van der Waals surface area contributed by atoms with Crippen LogP contribution in [0.2, 0.25) is 0 Å². The van der Waals surface area contributed by atoms with E-state index in [-0.39, 0.29) is 13.2 Å². The molecule has 4 nitrogen and oxygen atoms in total. The molecule has 0 aliphatic carbocycles. The molecule has 0 saturated carbocycles. The smallest absolute Gasteiger partial charge is 0.132 e. The molecule has 0 radical (unpaired) electrons. The standard InChI is InChI=1S/C19H20N2O2/c22-12-15-7-5-14(6-8-15)9-10-20-19-17(13-23)11-16-3-1-2-4-18(16)21-19/h1-8,11,22-23H,9-10,12-13H2,(H,20,21). The van der Waals surface area contributed by atoms with E-state index in [2.05, 4.69) is 10.3 Å². The van der Waals surface area contributed by atoms with Crippen LogP contribution in [0, 0.1) is 0 Å². The summed E-state index contributed by atoms with van der Waals surface area (Å²) in [5.41, 5.74) is 3.83. The van der Waals surface area contributed by atoms with Crippen LogP contribution in [0.4, 0.5) is 5.82 Å². The number of hydrogen-bond acceptors (Lipinski definition) is 4. The number of para-hydroxylation sites is 1. The molecule has 0 amide bonds. The quantitative estimate of drug-likeness (QED) is 0.655. The maximum Gasteiger partial charge on any atom is 0.132 e. The van der Waals surface area contributed by atoms with Crippen LogP contribution in [0.3, 0.4) is 0 Å². The summed E-state index contributed by atoms with van der Waals surface area (Å²) < 4.78 is 0. The van der Waals surface area contributed by atoms with E-state index >= 15 is 0 Å². The molecule has 0 fully saturated rings. The van der Waals surface area contributed by atoms with E-state index in [1.165, 1.54) is 5.56 Å². The summed E-state index contributed by atoms with van der Waals surface area (Å²) >= 11 is 0. The van der Waals surface area contributed by atoms with Crippen molar-refractivity contribution in [2.24, 2.45) is 0 Å². The van der Waals surface area contributed by atoms with Crippen LogP contribution in [0.5, 0.6) is 0 Å². The van der Waals surface area contributed by atoms with Crippen molar-refractivity contribution in [2.75, 3.05) is 11.9 Å². The maximum absolute atomic E-state index is 9.55. The lowest BCUT2D eigenvalue weighted by Gasteiger charge is -2.11. The number of aromatic nitrogens is 1. The van der Waals surface area contributed by atoms with Crippen LogP contribution in [0.25, 0.3) is 10.9 Å². The molecule has 2 aromatic carbocycles. The molecule has 0 aliphatic heterocycles. The van der Waals surface area contributed by atoms with Crippen molar-refractivity contribution >= 4 is 16.7 Å². The van der Waals surface area contributed by atoms with E-state index in [0.717, 1.165) is 40.8 Å². The Kier molecular flexibility index (Phi) is 4.86. The van der Waals surface area contributed by atoms with Crippen LogP contribution < -0.4 is 5.32 Å². The lowest BCUT2D eigenvalue weighted by molar-refractivity contribution is 0.281. The van der Waals surface area contributed by atoms with Gasteiger partial charge in [-0.05, 0) is 29.7 Å². The Hall–Kier alpha value is -2.43. The van der Waals surface area contributed by atoms with Gasteiger partial charge in [-0.3, -0.25) is 0 Å². The van der Waals surface area contributed by atoms with Gasteiger partial charge in [0.25, 0.3) is 0 Å². The normalized spacial score (nSPS) is 10.9. The number of pyridine rings is 1. The summed E-state index contributed by atoms with van der Waals surface area (Å²) in [6, 6.07) is 17.8. The number of nitrogens with zero attached hydrogens (tertiary/aromatic N) is 1. The molecule has 0 bridgehead atoms. The molecule has 3 rings (SSSR count). The zero-order chi connectivity index (χ0) is 16.1. The lowest BCUT2D eigenvalue weighted by Crippen LogP contribution is -2.09. The van der Waals surface area contributed by atoms with Crippen molar-refractivity contribution in [1.29, 1.82) is 0 Å². The molecule has 3 aromatic rings. The van der Waals surface area contributed by atoms with Crippen molar-refractivity contribution in [2.45, 2.75) is 19.6 Å². The number of hydrogen-bond donors (Lipinski definition) is 3. The fraction of sp³-hybridized carbons (Fsp3) is 0.211. The molecule has 3 N–H and O–H groups in total. The van der Waals surface area contributed by atoms with Crippen molar-refractivity contribution in [1.82, 2.24) is 4.98 Å². The summed E-state index contributed by atoms with van der Waals surface area (Å²) in [4.78, 5) is 4.60. The SMILES string of the molecule is OCc1ccc(CCNc2nc3ccccc3cc2CO)cc1. The van der Waals surface area contributed by atoms with Gasteiger partial charge in [0, 0.05) is 17.5 Å². The Labute approximate surface area is 135 Å². The van der Waals surface area contributed by atoms with Gasteiger partial charge in [-0.25, -0.2) is 4.98 Å². The first kappa shape index (κ1) is 15.5. The van der Waals surface area contributed by atoms with Gasteiger partial charge in [0.05, 0.1) is 18.7 Å². The average molecular weight is 308 g/mol. The summed E-state index contributed by atoms with van der Waals surface area (Å²) in [6.07, 6.45) is 0.852. The molecule has 118 valence electrons. The maximum atomic E-state index is 9.55. The second-order valence-electron chi connectivity index (χ2n) is 5.50. The van der Waals surface area contributed by atoms with E-state index < -0.39 is 0 Å². The molecule has 4 heteroatoms. The van der Waals surface area contributed by atoms with E-state index in [4.69, 9.17) is 5.11 Å². The number of fused-ring (bicyclic) bond motifs is 1. The van der Waals surface area contributed by atoms with Gasteiger partial charge in [0.2, 0.25) is 0 Å². The Morgan fingerprint density at radius 2 is 1.61 bits per heavy atom. The monoisotopic (exact) mass is 308 g/mol. The topological polar surface area (TPSA) is 65.4 Å². The number of rotatable bonds is 6. The molecule has 0 unspecified atom stereocenters. The van der Waals surface area contributed by atoms with Gasteiger partial charge >= 0.3 is 0 Å². The highest BCUT2D eigenvalue weighted by atomic mass is 16.3. The van der Waals surface area contributed by atoms with Crippen molar-refractivity contribution < 1.29 is 10.2 Å².